The summed E-state index contributed by atoms with van der Waals surface area (Å²) >= 11 is 5.50. The van der Waals surface area contributed by atoms with E-state index >= 15 is 0 Å². The quantitative estimate of drug-likeness (QED) is 0.850. The highest BCUT2D eigenvalue weighted by Gasteiger charge is 2.52. The van der Waals surface area contributed by atoms with Crippen LogP contribution >= 0.6 is 27.3 Å². The number of thiophene rings is 1. The molecule has 2 aliphatic carbocycles. The van der Waals surface area contributed by atoms with Crippen LogP contribution in [0.3, 0.4) is 0 Å². The van der Waals surface area contributed by atoms with Crippen molar-refractivity contribution in [2.45, 2.75) is 63.1 Å². The van der Waals surface area contributed by atoms with Gasteiger partial charge >= 0.3 is 0 Å². The standard InChI is InChI=1S/C17H25BrN2S/c1-16(13-4-5-13)11-19-17(6-2-3-7-17)12-20(16)9-15-8-14(18)10-21-15/h8,10,13,19H,2-7,9,11-12H2,1H3. The van der Waals surface area contributed by atoms with Crippen LogP contribution in [-0.4, -0.2) is 29.1 Å². The molecule has 1 aliphatic heterocycles. The Balaban J connectivity index is 1.57. The minimum Gasteiger partial charge on any atom is -0.308 e. The second-order valence-electron chi connectivity index (χ2n) is 7.56. The summed E-state index contributed by atoms with van der Waals surface area (Å²) in [6.45, 7) is 6.06. The van der Waals surface area contributed by atoms with Crippen molar-refractivity contribution >= 4 is 27.3 Å². The summed E-state index contributed by atoms with van der Waals surface area (Å²) < 4.78 is 1.24. The molecule has 3 aliphatic rings. The van der Waals surface area contributed by atoms with E-state index in [1.165, 1.54) is 61.0 Å². The van der Waals surface area contributed by atoms with Gasteiger partial charge in [0.1, 0.15) is 0 Å². The molecular formula is C17H25BrN2S. The van der Waals surface area contributed by atoms with Gasteiger partial charge in [-0.05, 0) is 60.5 Å². The van der Waals surface area contributed by atoms with E-state index in [0.717, 1.165) is 12.5 Å². The van der Waals surface area contributed by atoms with E-state index in [0.29, 0.717) is 11.1 Å². The fraction of sp³-hybridized carbons (Fsp3) is 0.765. The number of nitrogens with one attached hydrogen (secondary N) is 1. The molecule has 1 N–H and O–H groups in total. The first-order valence-corrected chi connectivity index (χ1v) is 10.0. The number of nitrogens with zero attached hydrogens (tertiary/aromatic N) is 1. The fourth-order valence-corrected chi connectivity index (χ4v) is 5.90. The van der Waals surface area contributed by atoms with Crippen molar-refractivity contribution in [2.75, 3.05) is 13.1 Å². The smallest absolute Gasteiger partial charge is 0.0338 e. The van der Waals surface area contributed by atoms with Gasteiger partial charge < -0.3 is 5.32 Å². The van der Waals surface area contributed by atoms with E-state index in [1.54, 1.807) is 0 Å². The molecule has 2 heterocycles. The Hall–Kier alpha value is 0.1000. The average molecular weight is 369 g/mol. The van der Waals surface area contributed by atoms with Crippen molar-refractivity contribution < 1.29 is 0 Å². The van der Waals surface area contributed by atoms with Crippen LogP contribution in [0.1, 0.15) is 50.3 Å². The normalized spacial score (nSPS) is 32.9. The zero-order valence-corrected chi connectivity index (χ0v) is 15.2. The molecular weight excluding hydrogens is 344 g/mol. The molecule has 4 rings (SSSR count). The van der Waals surface area contributed by atoms with E-state index in [4.69, 9.17) is 0 Å². The summed E-state index contributed by atoms with van der Waals surface area (Å²) in [6, 6.07) is 2.31. The zero-order valence-electron chi connectivity index (χ0n) is 12.8. The number of halogens is 1. The van der Waals surface area contributed by atoms with Gasteiger partial charge in [0.15, 0.2) is 0 Å². The first-order chi connectivity index (χ1) is 10.1. The number of hydrogen-bond donors (Lipinski definition) is 1. The van der Waals surface area contributed by atoms with Crippen LogP contribution in [0.2, 0.25) is 0 Å². The molecule has 3 fully saturated rings. The highest BCUT2D eigenvalue weighted by Crippen LogP contribution is 2.47. The van der Waals surface area contributed by atoms with Crippen molar-refractivity contribution in [1.82, 2.24) is 10.2 Å². The number of rotatable bonds is 3. The lowest BCUT2D eigenvalue weighted by Crippen LogP contribution is -2.68. The van der Waals surface area contributed by atoms with Gasteiger partial charge in [-0.25, -0.2) is 0 Å². The van der Waals surface area contributed by atoms with Crippen molar-refractivity contribution in [3.8, 4) is 0 Å². The largest absolute Gasteiger partial charge is 0.308 e. The van der Waals surface area contributed by atoms with Gasteiger partial charge in [-0.15, -0.1) is 11.3 Å². The second kappa shape index (κ2) is 5.33. The third kappa shape index (κ3) is 2.73. The Morgan fingerprint density at radius 2 is 2.14 bits per heavy atom. The fourth-order valence-electron chi connectivity index (χ4n) is 4.44. The molecule has 0 bridgehead atoms. The van der Waals surface area contributed by atoms with Gasteiger partial charge in [0.05, 0.1) is 0 Å². The van der Waals surface area contributed by atoms with E-state index < -0.39 is 0 Å². The lowest BCUT2D eigenvalue weighted by molar-refractivity contribution is -0.00311. The molecule has 116 valence electrons. The van der Waals surface area contributed by atoms with E-state index in [2.05, 4.69) is 44.5 Å². The zero-order chi connectivity index (χ0) is 14.5. The second-order valence-corrected chi connectivity index (χ2v) is 9.47. The number of piperazine rings is 1. The van der Waals surface area contributed by atoms with E-state index in [1.807, 2.05) is 11.3 Å². The summed E-state index contributed by atoms with van der Waals surface area (Å²) in [5.41, 5.74) is 0.785. The summed E-state index contributed by atoms with van der Waals surface area (Å²) in [6.07, 6.45) is 8.42. The molecule has 1 aromatic rings. The third-order valence-electron chi connectivity index (χ3n) is 6.02. The molecule has 1 aromatic heterocycles. The SMILES string of the molecule is CC1(C2CC2)CNC2(CCCC2)CN1Cc1cc(Br)cs1. The molecule has 0 amide bonds. The van der Waals surface area contributed by atoms with E-state index in [-0.39, 0.29) is 0 Å². The van der Waals surface area contributed by atoms with Gasteiger partial charge in [-0.1, -0.05) is 12.8 Å². The summed E-state index contributed by atoms with van der Waals surface area (Å²) in [5, 5.41) is 6.20. The molecule has 0 radical (unpaired) electrons. The van der Waals surface area contributed by atoms with Gasteiger partial charge in [-0.2, -0.15) is 0 Å². The minimum absolute atomic E-state index is 0.365. The summed E-state index contributed by atoms with van der Waals surface area (Å²) in [7, 11) is 0. The molecule has 1 saturated heterocycles. The molecule has 1 spiro atoms. The monoisotopic (exact) mass is 368 g/mol. The van der Waals surface area contributed by atoms with E-state index in [9.17, 15) is 0 Å². The Kier molecular flexibility index (Phi) is 3.72. The first-order valence-electron chi connectivity index (χ1n) is 8.33. The lowest BCUT2D eigenvalue weighted by atomic mass is 9.83. The average Bonchev–Trinajstić information content (AvgIpc) is 3.11. The third-order valence-corrected chi connectivity index (χ3v) is 7.71. The lowest BCUT2D eigenvalue weighted by Gasteiger charge is -2.53. The van der Waals surface area contributed by atoms with Crippen LogP contribution in [-0.2, 0) is 6.54 Å². The van der Waals surface area contributed by atoms with Gasteiger partial charge in [-0.3, -0.25) is 4.90 Å². The highest BCUT2D eigenvalue weighted by molar-refractivity contribution is 9.10. The molecule has 2 nitrogen and oxygen atoms in total. The molecule has 0 aromatic carbocycles. The highest BCUT2D eigenvalue weighted by atomic mass is 79.9. The van der Waals surface area contributed by atoms with Gasteiger partial charge in [0.25, 0.3) is 0 Å². The Labute approximate surface area is 140 Å². The van der Waals surface area contributed by atoms with Crippen LogP contribution in [0, 0.1) is 5.92 Å². The van der Waals surface area contributed by atoms with Crippen LogP contribution in [0.25, 0.3) is 0 Å². The minimum atomic E-state index is 0.365. The maximum absolute atomic E-state index is 3.98. The van der Waals surface area contributed by atoms with Crippen LogP contribution in [0.15, 0.2) is 15.9 Å². The summed E-state index contributed by atoms with van der Waals surface area (Å²) in [4.78, 5) is 4.33. The first kappa shape index (κ1) is 14.7. The van der Waals surface area contributed by atoms with Crippen LogP contribution < -0.4 is 5.32 Å². The predicted molar refractivity (Wildman–Crippen MR) is 92.8 cm³/mol. The molecule has 21 heavy (non-hydrogen) atoms. The van der Waals surface area contributed by atoms with Crippen molar-refractivity contribution in [2.24, 2.45) is 5.92 Å². The maximum atomic E-state index is 3.98. The maximum Gasteiger partial charge on any atom is 0.0338 e. The number of hydrogen-bond acceptors (Lipinski definition) is 3. The predicted octanol–water partition coefficient (Wildman–Crippen LogP) is 4.40. The Morgan fingerprint density at radius 1 is 1.38 bits per heavy atom. The van der Waals surface area contributed by atoms with Crippen molar-refractivity contribution in [3.05, 3.63) is 20.8 Å². The van der Waals surface area contributed by atoms with Crippen molar-refractivity contribution in [1.29, 1.82) is 0 Å². The van der Waals surface area contributed by atoms with Crippen molar-refractivity contribution in [3.63, 3.8) is 0 Å². The Bertz CT molecular complexity index is 519. The molecule has 2 saturated carbocycles. The molecule has 4 heteroatoms. The topological polar surface area (TPSA) is 15.3 Å². The van der Waals surface area contributed by atoms with Crippen LogP contribution in [0.5, 0.6) is 0 Å². The van der Waals surface area contributed by atoms with Crippen LogP contribution in [0.4, 0.5) is 0 Å². The summed E-state index contributed by atoms with van der Waals surface area (Å²) in [5.74, 6) is 0.909. The molecule has 1 unspecified atom stereocenters. The Morgan fingerprint density at radius 3 is 2.76 bits per heavy atom. The molecule has 1 atom stereocenters. The van der Waals surface area contributed by atoms with Gasteiger partial charge in [0, 0.05) is 45.4 Å². The van der Waals surface area contributed by atoms with Gasteiger partial charge in [0.2, 0.25) is 0 Å².